The standard InChI is InChI=1S/C16H17ClN2O4/c1-22-13-6-12(9-20)19(8-13)16(21)14-7-15(23-18-14)10-2-4-11(17)5-3-10/h2-5,7,12-13,20H,6,8-9H2,1H3/t12-,13+/m0/s1. The van der Waals surface area contributed by atoms with Gasteiger partial charge in [0.1, 0.15) is 0 Å². The largest absolute Gasteiger partial charge is 0.394 e. The smallest absolute Gasteiger partial charge is 0.276 e. The van der Waals surface area contributed by atoms with Crippen LogP contribution < -0.4 is 0 Å². The number of hydrogen-bond donors (Lipinski definition) is 1. The molecule has 0 radical (unpaired) electrons. The summed E-state index contributed by atoms with van der Waals surface area (Å²) >= 11 is 5.86. The van der Waals surface area contributed by atoms with E-state index >= 15 is 0 Å². The van der Waals surface area contributed by atoms with Crippen molar-refractivity contribution < 1.29 is 19.2 Å². The van der Waals surface area contributed by atoms with Crippen LogP contribution in [0.2, 0.25) is 5.02 Å². The number of aliphatic hydroxyl groups excluding tert-OH is 1. The van der Waals surface area contributed by atoms with Gasteiger partial charge in [-0.3, -0.25) is 4.79 Å². The maximum Gasteiger partial charge on any atom is 0.276 e. The first kappa shape index (κ1) is 16.0. The molecule has 23 heavy (non-hydrogen) atoms. The van der Waals surface area contributed by atoms with Crippen molar-refractivity contribution in [3.8, 4) is 11.3 Å². The number of carbonyl (C=O) groups excluding carboxylic acids is 1. The van der Waals surface area contributed by atoms with E-state index in [9.17, 15) is 9.90 Å². The molecule has 1 aliphatic rings. The predicted molar refractivity (Wildman–Crippen MR) is 84.3 cm³/mol. The van der Waals surface area contributed by atoms with Gasteiger partial charge in [0.25, 0.3) is 5.91 Å². The van der Waals surface area contributed by atoms with Gasteiger partial charge in [-0.15, -0.1) is 0 Å². The third-order valence-electron chi connectivity index (χ3n) is 4.04. The Morgan fingerprint density at radius 3 is 2.87 bits per heavy atom. The first-order valence-electron chi connectivity index (χ1n) is 7.29. The molecule has 7 heteroatoms. The summed E-state index contributed by atoms with van der Waals surface area (Å²) in [7, 11) is 1.60. The normalized spacial score (nSPS) is 20.9. The number of aliphatic hydroxyl groups is 1. The van der Waals surface area contributed by atoms with Crippen LogP contribution >= 0.6 is 11.6 Å². The second-order valence-electron chi connectivity index (χ2n) is 5.47. The molecule has 1 N–H and O–H groups in total. The number of benzene rings is 1. The first-order chi connectivity index (χ1) is 11.1. The first-order valence-corrected chi connectivity index (χ1v) is 7.67. The number of rotatable bonds is 4. The van der Waals surface area contributed by atoms with Gasteiger partial charge in [-0.2, -0.15) is 0 Å². The van der Waals surface area contributed by atoms with Crippen molar-refractivity contribution in [1.82, 2.24) is 10.1 Å². The van der Waals surface area contributed by atoms with Crippen LogP contribution in [0, 0.1) is 0 Å². The highest BCUT2D eigenvalue weighted by molar-refractivity contribution is 6.30. The molecule has 6 nitrogen and oxygen atoms in total. The molecule has 0 saturated carbocycles. The highest BCUT2D eigenvalue weighted by Crippen LogP contribution is 2.25. The van der Waals surface area contributed by atoms with Crippen LogP contribution in [0.5, 0.6) is 0 Å². The molecule has 0 aliphatic carbocycles. The van der Waals surface area contributed by atoms with Crippen molar-refractivity contribution in [2.24, 2.45) is 0 Å². The zero-order chi connectivity index (χ0) is 16.4. The predicted octanol–water partition coefficient (Wildman–Crippen LogP) is 2.22. The zero-order valence-electron chi connectivity index (χ0n) is 12.6. The molecule has 0 bridgehead atoms. The lowest BCUT2D eigenvalue weighted by molar-refractivity contribution is 0.0638. The van der Waals surface area contributed by atoms with E-state index in [1.54, 1.807) is 42.3 Å². The van der Waals surface area contributed by atoms with Crippen molar-refractivity contribution in [3.63, 3.8) is 0 Å². The number of likely N-dealkylation sites (tertiary alicyclic amines) is 1. The Hall–Kier alpha value is -1.89. The number of amides is 1. The van der Waals surface area contributed by atoms with Gasteiger partial charge < -0.3 is 19.3 Å². The molecule has 1 saturated heterocycles. The third kappa shape index (κ3) is 3.24. The van der Waals surface area contributed by atoms with Crippen molar-refractivity contribution in [2.45, 2.75) is 18.6 Å². The minimum Gasteiger partial charge on any atom is -0.394 e. The fourth-order valence-corrected chi connectivity index (χ4v) is 2.87. The molecule has 1 aromatic carbocycles. The molecule has 1 amide bonds. The molecule has 2 aromatic rings. The molecule has 0 spiro atoms. The Labute approximate surface area is 138 Å². The van der Waals surface area contributed by atoms with Crippen LogP contribution in [0.4, 0.5) is 0 Å². The van der Waals surface area contributed by atoms with Gasteiger partial charge in [-0.25, -0.2) is 0 Å². The van der Waals surface area contributed by atoms with Gasteiger partial charge in [0.2, 0.25) is 0 Å². The van der Waals surface area contributed by atoms with Gasteiger partial charge in [0.15, 0.2) is 11.5 Å². The van der Waals surface area contributed by atoms with E-state index in [2.05, 4.69) is 5.16 Å². The van der Waals surface area contributed by atoms with Crippen LogP contribution in [-0.4, -0.2) is 53.5 Å². The number of carbonyl (C=O) groups is 1. The Balaban J connectivity index is 1.79. The Morgan fingerprint density at radius 1 is 1.48 bits per heavy atom. The van der Waals surface area contributed by atoms with Crippen LogP contribution in [-0.2, 0) is 4.74 Å². The van der Waals surface area contributed by atoms with E-state index in [0.717, 1.165) is 5.56 Å². The van der Waals surface area contributed by atoms with E-state index in [1.165, 1.54) is 0 Å². The number of hydrogen-bond acceptors (Lipinski definition) is 5. The molecule has 1 fully saturated rings. The number of ether oxygens (including phenoxy) is 1. The SMILES string of the molecule is CO[C@@H]1C[C@@H](CO)N(C(=O)c2cc(-c3ccc(Cl)cc3)on2)C1. The molecule has 122 valence electrons. The van der Waals surface area contributed by atoms with Crippen LogP contribution in [0.15, 0.2) is 34.9 Å². The molecule has 2 atom stereocenters. The summed E-state index contributed by atoms with van der Waals surface area (Å²) in [5, 5.41) is 13.9. The van der Waals surface area contributed by atoms with Crippen LogP contribution in [0.3, 0.4) is 0 Å². The summed E-state index contributed by atoms with van der Waals surface area (Å²) in [5.41, 5.74) is 1.00. The van der Waals surface area contributed by atoms with Crippen molar-refractivity contribution in [3.05, 3.63) is 41.0 Å². The third-order valence-corrected chi connectivity index (χ3v) is 4.29. The number of nitrogens with zero attached hydrogens (tertiary/aromatic N) is 2. The van der Waals surface area contributed by atoms with Gasteiger partial charge >= 0.3 is 0 Å². The Bertz CT molecular complexity index is 686. The lowest BCUT2D eigenvalue weighted by atomic mass is 10.1. The monoisotopic (exact) mass is 336 g/mol. The lowest BCUT2D eigenvalue weighted by Crippen LogP contribution is -2.38. The molecule has 2 heterocycles. The van der Waals surface area contributed by atoms with Crippen molar-refractivity contribution in [2.75, 3.05) is 20.3 Å². The summed E-state index contributed by atoms with van der Waals surface area (Å²) < 4.78 is 10.5. The van der Waals surface area contributed by atoms with Gasteiger partial charge in [0, 0.05) is 30.3 Å². The maximum absolute atomic E-state index is 12.6. The van der Waals surface area contributed by atoms with Crippen molar-refractivity contribution >= 4 is 17.5 Å². The highest BCUT2D eigenvalue weighted by atomic mass is 35.5. The second-order valence-corrected chi connectivity index (χ2v) is 5.91. The fourth-order valence-electron chi connectivity index (χ4n) is 2.74. The van der Waals surface area contributed by atoms with Crippen LogP contribution in [0.25, 0.3) is 11.3 Å². The van der Waals surface area contributed by atoms with Gasteiger partial charge in [0.05, 0.1) is 18.8 Å². The summed E-state index contributed by atoms with van der Waals surface area (Å²) in [6, 6.07) is 8.41. The molecule has 1 aliphatic heterocycles. The van der Waals surface area contributed by atoms with E-state index in [4.69, 9.17) is 20.9 Å². The zero-order valence-corrected chi connectivity index (χ0v) is 13.4. The van der Waals surface area contributed by atoms with Crippen LogP contribution in [0.1, 0.15) is 16.9 Å². The summed E-state index contributed by atoms with van der Waals surface area (Å²) in [6.07, 6.45) is 0.541. The summed E-state index contributed by atoms with van der Waals surface area (Å²) in [4.78, 5) is 14.2. The number of aromatic nitrogens is 1. The lowest BCUT2D eigenvalue weighted by Gasteiger charge is -2.21. The quantitative estimate of drug-likeness (QED) is 0.926. The minimum absolute atomic E-state index is 0.0706. The highest BCUT2D eigenvalue weighted by Gasteiger charge is 2.36. The maximum atomic E-state index is 12.6. The molecular weight excluding hydrogens is 320 g/mol. The number of halogens is 1. The van der Waals surface area contributed by atoms with Crippen molar-refractivity contribution in [1.29, 1.82) is 0 Å². The van der Waals surface area contributed by atoms with E-state index < -0.39 is 0 Å². The molecular formula is C16H17ClN2O4. The Morgan fingerprint density at radius 2 is 2.22 bits per heavy atom. The van der Waals surface area contributed by atoms with Gasteiger partial charge in [-0.1, -0.05) is 16.8 Å². The average molecular weight is 337 g/mol. The fraction of sp³-hybridized carbons (Fsp3) is 0.375. The van der Waals surface area contributed by atoms with Gasteiger partial charge in [-0.05, 0) is 30.7 Å². The summed E-state index contributed by atoms with van der Waals surface area (Å²) in [6.45, 7) is 0.331. The minimum atomic E-state index is -0.271. The average Bonchev–Trinajstić information content (AvgIpc) is 3.21. The molecule has 0 unspecified atom stereocenters. The van der Waals surface area contributed by atoms with E-state index in [0.29, 0.717) is 23.7 Å². The van der Waals surface area contributed by atoms with E-state index in [1.807, 2.05) is 0 Å². The molecule has 1 aromatic heterocycles. The molecule has 3 rings (SSSR count). The van der Waals surface area contributed by atoms with E-state index in [-0.39, 0.29) is 30.4 Å². The topological polar surface area (TPSA) is 75.8 Å². The number of methoxy groups -OCH3 is 1. The summed E-state index contributed by atoms with van der Waals surface area (Å²) in [5.74, 6) is 0.223. The Kier molecular flexibility index (Phi) is 4.66. The second kappa shape index (κ2) is 6.70.